The van der Waals surface area contributed by atoms with Crippen molar-refractivity contribution in [1.29, 1.82) is 0 Å². The SMILES string of the molecule is CCC(CC)[C@H](OC(=O)[C@H](C)NC(=O)OC(C)(C)C)[C@H](C)Oc1ccccc1. The van der Waals surface area contributed by atoms with Gasteiger partial charge in [0.25, 0.3) is 0 Å². The average molecular weight is 394 g/mol. The van der Waals surface area contributed by atoms with E-state index in [0.29, 0.717) is 0 Å². The first-order chi connectivity index (χ1) is 13.1. The first kappa shape index (κ1) is 23.8. The van der Waals surface area contributed by atoms with Crippen LogP contribution in [0.25, 0.3) is 0 Å². The number of esters is 1. The highest BCUT2D eigenvalue weighted by Gasteiger charge is 2.32. The van der Waals surface area contributed by atoms with E-state index in [0.717, 1.165) is 18.6 Å². The van der Waals surface area contributed by atoms with E-state index in [-0.39, 0.29) is 12.0 Å². The summed E-state index contributed by atoms with van der Waals surface area (Å²) in [7, 11) is 0. The number of benzene rings is 1. The minimum atomic E-state index is -0.823. The summed E-state index contributed by atoms with van der Waals surface area (Å²) < 4.78 is 17.0. The van der Waals surface area contributed by atoms with Crippen molar-refractivity contribution in [1.82, 2.24) is 5.32 Å². The topological polar surface area (TPSA) is 73.9 Å². The summed E-state index contributed by atoms with van der Waals surface area (Å²) in [5.74, 6) is 0.365. The van der Waals surface area contributed by atoms with Crippen molar-refractivity contribution >= 4 is 12.1 Å². The predicted octanol–water partition coefficient (Wildman–Crippen LogP) is 4.72. The van der Waals surface area contributed by atoms with Gasteiger partial charge < -0.3 is 19.5 Å². The molecular formula is C22H35NO5. The Morgan fingerprint density at radius 1 is 1.04 bits per heavy atom. The number of carbonyl (C=O) groups is 2. The highest BCUT2D eigenvalue weighted by atomic mass is 16.6. The Kier molecular flexibility index (Phi) is 9.29. The molecule has 0 radical (unpaired) electrons. The van der Waals surface area contributed by atoms with Gasteiger partial charge in [-0.3, -0.25) is 0 Å². The third-order valence-electron chi connectivity index (χ3n) is 4.38. The van der Waals surface area contributed by atoms with Crippen LogP contribution in [0, 0.1) is 5.92 Å². The van der Waals surface area contributed by atoms with Gasteiger partial charge >= 0.3 is 12.1 Å². The molecule has 6 nitrogen and oxygen atoms in total. The lowest BCUT2D eigenvalue weighted by Gasteiger charge is -2.31. The van der Waals surface area contributed by atoms with Crippen LogP contribution in [0.4, 0.5) is 4.79 Å². The van der Waals surface area contributed by atoms with Gasteiger partial charge in [0.05, 0.1) is 0 Å². The van der Waals surface area contributed by atoms with E-state index in [1.54, 1.807) is 27.7 Å². The van der Waals surface area contributed by atoms with Gasteiger partial charge in [0.15, 0.2) is 0 Å². The van der Waals surface area contributed by atoms with Crippen molar-refractivity contribution in [2.75, 3.05) is 0 Å². The molecule has 6 heteroatoms. The summed E-state index contributed by atoms with van der Waals surface area (Å²) in [6.07, 6.45) is 0.301. The predicted molar refractivity (Wildman–Crippen MR) is 109 cm³/mol. The summed E-state index contributed by atoms with van der Waals surface area (Å²) in [6.45, 7) is 12.9. The van der Waals surface area contributed by atoms with E-state index in [4.69, 9.17) is 14.2 Å². The van der Waals surface area contributed by atoms with Crippen LogP contribution in [-0.2, 0) is 14.3 Å². The fraction of sp³-hybridized carbons (Fsp3) is 0.636. The van der Waals surface area contributed by atoms with Crippen molar-refractivity contribution in [2.24, 2.45) is 5.92 Å². The molecule has 28 heavy (non-hydrogen) atoms. The maximum Gasteiger partial charge on any atom is 0.408 e. The maximum absolute atomic E-state index is 12.6. The Hall–Kier alpha value is -2.24. The molecule has 3 atom stereocenters. The number of carbonyl (C=O) groups excluding carboxylic acids is 2. The number of rotatable bonds is 9. The number of alkyl carbamates (subject to hydrolysis) is 1. The Morgan fingerprint density at radius 2 is 1.61 bits per heavy atom. The first-order valence-electron chi connectivity index (χ1n) is 9.99. The molecule has 158 valence electrons. The molecule has 0 bridgehead atoms. The molecule has 0 saturated heterocycles. The van der Waals surface area contributed by atoms with Crippen LogP contribution in [0.3, 0.4) is 0 Å². The molecule has 0 aliphatic carbocycles. The van der Waals surface area contributed by atoms with Crippen LogP contribution in [0.1, 0.15) is 61.3 Å². The first-order valence-corrected chi connectivity index (χ1v) is 9.99. The van der Waals surface area contributed by atoms with Gasteiger partial charge in [0.1, 0.15) is 29.6 Å². The molecule has 0 fully saturated rings. The summed E-state index contributed by atoms with van der Waals surface area (Å²) in [6, 6.07) is 8.62. The van der Waals surface area contributed by atoms with Crippen molar-refractivity contribution < 1.29 is 23.8 Å². The molecule has 1 amide bonds. The van der Waals surface area contributed by atoms with Crippen LogP contribution in [-0.4, -0.2) is 35.9 Å². The monoisotopic (exact) mass is 393 g/mol. The van der Waals surface area contributed by atoms with Gasteiger partial charge in [-0.05, 0) is 65.5 Å². The Balaban J connectivity index is 2.79. The zero-order valence-electron chi connectivity index (χ0n) is 18.2. The minimum Gasteiger partial charge on any atom is -0.487 e. The molecule has 0 saturated carbocycles. The van der Waals surface area contributed by atoms with E-state index in [1.165, 1.54) is 0 Å². The quantitative estimate of drug-likeness (QED) is 0.615. The summed E-state index contributed by atoms with van der Waals surface area (Å²) >= 11 is 0. The fourth-order valence-corrected chi connectivity index (χ4v) is 2.89. The summed E-state index contributed by atoms with van der Waals surface area (Å²) in [4.78, 5) is 24.5. The molecule has 0 aromatic heterocycles. The van der Waals surface area contributed by atoms with Gasteiger partial charge in [0, 0.05) is 0 Å². The van der Waals surface area contributed by atoms with E-state index in [1.807, 2.05) is 37.3 Å². The highest BCUT2D eigenvalue weighted by Crippen LogP contribution is 2.23. The van der Waals surface area contributed by atoms with Crippen molar-refractivity contribution in [3.63, 3.8) is 0 Å². The smallest absolute Gasteiger partial charge is 0.408 e. The number of nitrogens with one attached hydrogen (secondary N) is 1. The van der Waals surface area contributed by atoms with Gasteiger partial charge in [-0.25, -0.2) is 9.59 Å². The van der Waals surface area contributed by atoms with Gasteiger partial charge in [-0.15, -0.1) is 0 Å². The molecule has 0 spiro atoms. The molecule has 0 aliphatic rings. The summed E-state index contributed by atoms with van der Waals surface area (Å²) in [5.41, 5.74) is -0.635. The zero-order chi connectivity index (χ0) is 21.3. The molecular weight excluding hydrogens is 358 g/mol. The van der Waals surface area contributed by atoms with Crippen LogP contribution in [0.2, 0.25) is 0 Å². The van der Waals surface area contributed by atoms with E-state index >= 15 is 0 Å². The van der Waals surface area contributed by atoms with Crippen LogP contribution >= 0.6 is 0 Å². The number of hydrogen-bond acceptors (Lipinski definition) is 5. The molecule has 1 N–H and O–H groups in total. The lowest BCUT2D eigenvalue weighted by molar-refractivity contribution is -0.160. The molecule has 1 aromatic carbocycles. The Morgan fingerprint density at radius 3 is 2.11 bits per heavy atom. The average Bonchev–Trinajstić information content (AvgIpc) is 2.60. The second-order valence-electron chi connectivity index (χ2n) is 7.98. The van der Waals surface area contributed by atoms with E-state index in [2.05, 4.69) is 19.2 Å². The number of amides is 1. The highest BCUT2D eigenvalue weighted by molar-refractivity contribution is 5.81. The van der Waals surface area contributed by atoms with E-state index < -0.39 is 29.8 Å². The largest absolute Gasteiger partial charge is 0.487 e. The molecule has 1 aromatic rings. The number of para-hydroxylation sites is 1. The van der Waals surface area contributed by atoms with Gasteiger partial charge in [0.2, 0.25) is 0 Å². The normalized spacial score (nSPS) is 14.7. The zero-order valence-corrected chi connectivity index (χ0v) is 18.2. The number of hydrogen-bond donors (Lipinski definition) is 1. The van der Waals surface area contributed by atoms with Crippen LogP contribution in [0.5, 0.6) is 5.75 Å². The lowest BCUT2D eigenvalue weighted by atomic mass is 9.93. The molecule has 1 rings (SSSR count). The third-order valence-corrected chi connectivity index (χ3v) is 4.38. The second-order valence-corrected chi connectivity index (χ2v) is 7.98. The lowest BCUT2D eigenvalue weighted by Crippen LogP contribution is -2.46. The summed E-state index contributed by atoms with van der Waals surface area (Å²) in [5, 5.41) is 2.53. The van der Waals surface area contributed by atoms with Crippen molar-refractivity contribution in [2.45, 2.75) is 85.2 Å². The standard InChI is InChI=1S/C22H35NO5/c1-8-17(9-2)19(16(4)26-18-13-11-10-12-14-18)27-20(24)15(3)23-21(25)28-22(5,6)7/h10-17,19H,8-9H2,1-7H3,(H,23,25)/t15-,16-,19+/m0/s1. The molecule has 0 aliphatic heterocycles. The van der Waals surface area contributed by atoms with Crippen LogP contribution < -0.4 is 10.1 Å². The minimum absolute atomic E-state index is 0.149. The van der Waals surface area contributed by atoms with Crippen molar-refractivity contribution in [3.8, 4) is 5.75 Å². The molecule has 0 heterocycles. The number of ether oxygens (including phenoxy) is 3. The molecule has 0 unspecified atom stereocenters. The third kappa shape index (κ3) is 8.19. The Bertz CT molecular complexity index is 607. The van der Waals surface area contributed by atoms with Gasteiger partial charge in [-0.2, -0.15) is 0 Å². The second kappa shape index (κ2) is 10.9. The van der Waals surface area contributed by atoms with Crippen LogP contribution in [0.15, 0.2) is 30.3 Å². The van der Waals surface area contributed by atoms with Gasteiger partial charge in [-0.1, -0.05) is 32.0 Å². The maximum atomic E-state index is 12.6. The fourth-order valence-electron chi connectivity index (χ4n) is 2.89. The van der Waals surface area contributed by atoms with Crippen molar-refractivity contribution in [3.05, 3.63) is 30.3 Å². The Labute approximate surface area is 168 Å². The van der Waals surface area contributed by atoms with E-state index in [9.17, 15) is 9.59 Å².